The fourth-order valence-corrected chi connectivity index (χ4v) is 1.95. The van der Waals surface area contributed by atoms with E-state index in [4.69, 9.17) is 10.2 Å². The van der Waals surface area contributed by atoms with Gasteiger partial charge in [0.15, 0.2) is 0 Å². The van der Waals surface area contributed by atoms with Gasteiger partial charge in [-0.15, -0.1) is 0 Å². The SMILES string of the molecule is O=C(O)CCC/C=C/c1cccc(/C=C/CCCC(=O)O)c1. The minimum Gasteiger partial charge on any atom is -0.481 e. The number of rotatable bonds is 10. The normalized spacial score (nSPS) is 11.3. The lowest BCUT2D eigenvalue weighted by Crippen LogP contribution is -1.92. The van der Waals surface area contributed by atoms with E-state index in [1.54, 1.807) is 0 Å². The van der Waals surface area contributed by atoms with Crippen molar-refractivity contribution in [2.24, 2.45) is 0 Å². The van der Waals surface area contributed by atoms with Crippen LogP contribution in [0.3, 0.4) is 0 Å². The second-order valence-electron chi connectivity index (χ2n) is 5.05. The largest absolute Gasteiger partial charge is 0.481 e. The molecule has 0 atom stereocenters. The van der Waals surface area contributed by atoms with Gasteiger partial charge in [0.05, 0.1) is 0 Å². The summed E-state index contributed by atoms with van der Waals surface area (Å²) in [6.07, 6.45) is 11.1. The van der Waals surface area contributed by atoms with Crippen LogP contribution < -0.4 is 0 Å². The Morgan fingerprint density at radius 2 is 1.32 bits per heavy atom. The molecule has 0 aliphatic rings. The fourth-order valence-electron chi connectivity index (χ4n) is 1.95. The third kappa shape index (κ3) is 8.74. The highest BCUT2D eigenvalue weighted by atomic mass is 16.4. The molecule has 0 aliphatic carbocycles. The van der Waals surface area contributed by atoms with Gasteiger partial charge < -0.3 is 10.2 Å². The monoisotopic (exact) mass is 302 g/mol. The van der Waals surface area contributed by atoms with Crippen molar-refractivity contribution in [2.45, 2.75) is 38.5 Å². The van der Waals surface area contributed by atoms with E-state index >= 15 is 0 Å². The van der Waals surface area contributed by atoms with Gasteiger partial charge >= 0.3 is 11.9 Å². The van der Waals surface area contributed by atoms with E-state index in [0.717, 1.165) is 24.0 Å². The predicted octanol–water partition coefficient (Wildman–Crippen LogP) is 4.22. The Balaban J connectivity index is 2.41. The second-order valence-corrected chi connectivity index (χ2v) is 5.05. The summed E-state index contributed by atoms with van der Waals surface area (Å²) in [5.41, 5.74) is 2.14. The van der Waals surface area contributed by atoms with E-state index < -0.39 is 11.9 Å². The highest BCUT2D eigenvalue weighted by Gasteiger charge is 1.95. The minimum atomic E-state index is -0.761. The molecular formula is C18H22O4. The van der Waals surface area contributed by atoms with E-state index in [0.29, 0.717) is 12.8 Å². The highest BCUT2D eigenvalue weighted by Crippen LogP contribution is 2.11. The molecule has 0 aromatic heterocycles. The molecule has 0 fully saturated rings. The molecule has 22 heavy (non-hydrogen) atoms. The number of benzene rings is 1. The van der Waals surface area contributed by atoms with Crippen LogP contribution in [0.5, 0.6) is 0 Å². The quantitative estimate of drug-likeness (QED) is 0.634. The predicted molar refractivity (Wildman–Crippen MR) is 87.5 cm³/mol. The lowest BCUT2D eigenvalue weighted by Gasteiger charge is -1.98. The molecule has 0 bridgehead atoms. The maximum Gasteiger partial charge on any atom is 0.303 e. The van der Waals surface area contributed by atoms with Crippen LogP contribution in [0.15, 0.2) is 36.4 Å². The number of hydrogen-bond acceptors (Lipinski definition) is 2. The van der Waals surface area contributed by atoms with E-state index in [2.05, 4.69) is 0 Å². The van der Waals surface area contributed by atoms with Gasteiger partial charge in [-0.3, -0.25) is 9.59 Å². The first kappa shape index (κ1) is 17.7. The summed E-state index contributed by atoms with van der Waals surface area (Å²) in [5.74, 6) is -1.52. The number of carbonyl (C=O) groups is 2. The Kier molecular flexibility index (Phi) is 8.35. The Morgan fingerprint density at radius 1 is 0.864 bits per heavy atom. The van der Waals surface area contributed by atoms with Crippen molar-refractivity contribution in [1.82, 2.24) is 0 Å². The number of allylic oxidation sites excluding steroid dienone is 2. The van der Waals surface area contributed by atoms with Crippen molar-refractivity contribution in [3.05, 3.63) is 47.5 Å². The molecule has 1 rings (SSSR count). The standard InChI is InChI=1S/C18H22O4/c19-17(20)12-5-1-3-8-15-10-7-11-16(14-15)9-4-2-6-13-18(21)22/h3-4,7-11,14H,1-2,5-6,12-13H2,(H,19,20)(H,21,22)/b8-3+,9-4+. The summed E-state index contributed by atoms with van der Waals surface area (Å²) < 4.78 is 0. The van der Waals surface area contributed by atoms with Crippen LogP contribution in [0, 0.1) is 0 Å². The molecule has 0 aliphatic heterocycles. The van der Waals surface area contributed by atoms with Gasteiger partial charge in [-0.25, -0.2) is 0 Å². The molecule has 0 radical (unpaired) electrons. The van der Waals surface area contributed by atoms with E-state index in [1.165, 1.54) is 0 Å². The molecule has 4 heteroatoms. The summed E-state index contributed by atoms with van der Waals surface area (Å²) in [7, 11) is 0. The lowest BCUT2D eigenvalue weighted by atomic mass is 10.1. The Hall–Kier alpha value is -2.36. The zero-order valence-corrected chi connectivity index (χ0v) is 12.6. The van der Waals surface area contributed by atoms with Crippen molar-refractivity contribution >= 4 is 24.1 Å². The molecular weight excluding hydrogens is 280 g/mol. The van der Waals surface area contributed by atoms with Crippen LogP contribution in [-0.4, -0.2) is 22.2 Å². The van der Waals surface area contributed by atoms with Crippen molar-refractivity contribution in [2.75, 3.05) is 0 Å². The molecule has 2 N–H and O–H groups in total. The molecule has 0 amide bonds. The summed E-state index contributed by atoms with van der Waals surface area (Å²) in [6.45, 7) is 0. The number of hydrogen-bond donors (Lipinski definition) is 2. The van der Waals surface area contributed by atoms with Gasteiger partial charge in [-0.2, -0.15) is 0 Å². The molecule has 118 valence electrons. The van der Waals surface area contributed by atoms with Gasteiger partial charge in [0, 0.05) is 12.8 Å². The van der Waals surface area contributed by atoms with Crippen molar-refractivity contribution in [3.8, 4) is 0 Å². The summed E-state index contributed by atoms with van der Waals surface area (Å²) in [4.78, 5) is 20.8. The van der Waals surface area contributed by atoms with E-state index in [-0.39, 0.29) is 12.8 Å². The van der Waals surface area contributed by atoms with Gasteiger partial charge in [0.25, 0.3) is 0 Å². The first-order valence-electron chi connectivity index (χ1n) is 7.44. The third-order valence-corrected chi connectivity index (χ3v) is 3.05. The molecule has 0 spiro atoms. The molecule has 0 saturated carbocycles. The number of unbranched alkanes of at least 4 members (excludes halogenated alkanes) is 2. The molecule has 0 saturated heterocycles. The smallest absolute Gasteiger partial charge is 0.303 e. The highest BCUT2D eigenvalue weighted by molar-refractivity contribution is 5.67. The Bertz CT molecular complexity index is 499. The second kappa shape index (κ2) is 10.4. The maximum absolute atomic E-state index is 10.4. The van der Waals surface area contributed by atoms with Gasteiger partial charge in [-0.05, 0) is 42.9 Å². The van der Waals surface area contributed by atoms with Crippen LogP contribution >= 0.6 is 0 Å². The molecule has 0 heterocycles. The molecule has 4 nitrogen and oxygen atoms in total. The van der Waals surface area contributed by atoms with Crippen LogP contribution in [0.25, 0.3) is 12.2 Å². The van der Waals surface area contributed by atoms with E-state index in [9.17, 15) is 9.59 Å². The molecule has 0 unspecified atom stereocenters. The van der Waals surface area contributed by atoms with Gasteiger partial charge in [0.2, 0.25) is 0 Å². The minimum absolute atomic E-state index is 0.198. The average Bonchev–Trinajstić information content (AvgIpc) is 2.46. The first-order chi connectivity index (χ1) is 10.6. The van der Waals surface area contributed by atoms with Crippen LogP contribution in [0.2, 0.25) is 0 Å². The lowest BCUT2D eigenvalue weighted by molar-refractivity contribution is -0.138. The van der Waals surface area contributed by atoms with E-state index in [1.807, 2.05) is 48.6 Å². The zero-order valence-electron chi connectivity index (χ0n) is 12.6. The topological polar surface area (TPSA) is 74.6 Å². The summed E-state index contributed by atoms with van der Waals surface area (Å²) in [6, 6.07) is 8.00. The van der Waals surface area contributed by atoms with Gasteiger partial charge in [-0.1, -0.05) is 42.5 Å². The van der Waals surface area contributed by atoms with Crippen LogP contribution in [0.1, 0.15) is 49.7 Å². The first-order valence-corrected chi connectivity index (χ1v) is 7.44. The number of aliphatic carboxylic acids is 2. The third-order valence-electron chi connectivity index (χ3n) is 3.05. The maximum atomic E-state index is 10.4. The Morgan fingerprint density at radius 3 is 1.73 bits per heavy atom. The van der Waals surface area contributed by atoms with Crippen molar-refractivity contribution in [3.63, 3.8) is 0 Å². The average molecular weight is 302 g/mol. The summed E-state index contributed by atoms with van der Waals surface area (Å²) in [5, 5.41) is 17.1. The van der Waals surface area contributed by atoms with Crippen molar-refractivity contribution < 1.29 is 19.8 Å². The zero-order chi connectivity index (χ0) is 16.2. The summed E-state index contributed by atoms with van der Waals surface area (Å²) >= 11 is 0. The van der Waals surface area contributed by atoms with Crippen molar-refractivity contribution in [1.29, 1.82) is 0 Å². The van der Waals surface area contributed by atoms with Gasteiger partial charge in [0.1, 0.15) is 0 Å². The number of carboxylic acid groups (broad SMARTS) is 2. The molecule has 1 aromatic rings. The molecule has 1 aromatic carbocycles. The van der Waals surface area contributed by atoms with Crippen LogP contribution in [-0.2, 0) is 9.59 Å². The fraction of sp³-hybridized carbons (Fsp3) is 0.333. The van der Waals surface area contributed by atoms with Crippen LogP contribution in [0.4, 0.5) is 0 Å². The number of carboxylic acids is 2. The Labute approximate surface area is 130 Å².